The molecule has 136 valence electrons. The molecule has 2 heterocycles. The molecular weight excluding hydrogens is 379 g/mol. The second-order valence-electron chi connectivity index (χ2n) is 6.20. The normalized spacial score (nSPS) is 10.8. The Balaban J connectivity index is 2.07. The predicted molar refractivity (Wildman–Crippen MR) is 107 cm³/mol. The Morgan fingerprint density at radius 3 is 2.46 bits per heavy atom. The third kappa shape index (κ3) is 3.02. The molecule has 0 spiro atoms. The lowest BCUT2D eigenvalue weighted by Crippen LogP contribution is -2.06. The summed E-state index contributed by atoms with van der Waals surface area (Å²) in [5, 5.41) is 0.291. The summed E-state index contributed by atoms with van der Waals surface area (Å²) in [5.74, 6) is -0.368. The molecule has 2 aromatic carbocycles. The molecule has 0 amide bonds. The Morgan fingerprint density at radius 2 is 1.79 bits per heavy atom. The van der Waals surface area contributed by atoms with Gasteiger partial charge in [0.2, 0.25) is 11.1 Å². The summed E-state index contributed by atoms with van der Waals surface area (Å²) in [5.41, 5.74) is 3.45. The average molecular weight is 391 g/mol. The van der Waals surface area contributed by atoms with Crippen LogP contribution in [0.2, 0.25) is 5.02 Å². The van der Waals surface area contributed by atoms with Gasteiger partial charge in [0.05, 0.1) is 18.0 Å². The number of aromatic nitrogens is 3. The van der Waals surface area contributed by atoms with Crippen LogP contribution in [0.1, 0.15) is 5.56 Å². The van der Waals surface area contributed by atoms with Crippen LogP contribution in [0, 0.1) is 19.3 Å². The van der Waals surface area contributed by atoms with E-state index in [1.54, 1.807) is 31.2 Å². The molecule has 0 aliphatic rings. The molecular formula is C21H12ClFN4O. The lowest BCUT2D eigenvalue weighted by atomic mass is 10.0. The molecule has 0 atom stereocenters. The Morgan fingerprint density at radius 1 is 1.07 bits per heavy atom. The van der Waals surface area contributed by atoms with Gasteiger partial charge in [-0.25, -0.2) is 19.2 Å². The zero-order chi connectivity index (χ0) is 19.8. The van der Waals surface area contributed by atoms with Crippen LogP contribution in [0.4, 0.5) is 10.1 Å². The zero-order valence-electron chi connectivity index (χ0n) is 14.6. The van der Waals surface area contributed by atoms with Gasteiger partial charge in [0.15, 0.2) is 11.2 Å². The van der Waals surface area contributed by atoms with Gasteiger partial charge in [-0.15, -0.1) is 0 Å². The van der Waals surface area contributed by atoms with E-state index in [4.69, 9.17) is 18.2 Å². The van der Waals surface area contributed by atoms with Crippen LogP contribution in [0.15, 0.2) is 53.5 Å². The van der Waals surface area contributed by atoms with E-state index >= 15 is 0 Å². The van der Waals surface area contributed by atoms with Gasteiger partial charge in [-0.3, -0.25) is 4.79 Å². The SMILES string of the molecule is [C-]#[N+]c1c(C)cc(-c2nc3c(=O)cc[nH]c3nc2-c2ccc(F)cc2)cc1Cl. The van der Waals surface area contributed by atoms with Gasteiger partial charge >= 0.3 is 0 Å². The van der Waals surface area contributed by atoms with Crippen LogP contribution in [-0.2, 0) is 0 Å². The monoisotopic (exact) mass is 390 g/mol. The fraction of sp³-hybridized carbons (Fsp3) is 0.0476. The maximum atomic E-state index is 13.4. The van der Waals surface area contributed by atoms with Crippen molar-refractivity contribution in [1.29, 1.82) is 0 Å². The van der Waals surface area contributed by atoms with E-state index in [-0.39, 0.29) is 16.8 Å². The number of halogens is 2. The van der Waals surface area contributed by atoms with Gasteiger partial charge in [-0.05, 0) is 42.8 Å². The molecule has 4 aromatic rings. The van der Waals surface area contributed by atoms with Crippen molar-refractivity contribution in [2.75, 3.05) is 0 Å². The highest BCUT2D eigenvalue weighted by atomic mass is 35.5. The molecule has 1 N–H and O–H groups in total. The number of benzene rings is 2. The second kappa shape index (κ2) is 6.87. The quantitative estimate of drug-likeness (QED) is 0.472. The highest BCUT2D eigenvalue weighted by Crippen LogP contribution is 2.37. The van der Waals surface area contributed by atoms with E-state index in [1.165, 1.54) is 24.4 Å². The van der Waals surface area contributed by atoms with Gasteiger partial charge < -0.3 is 4.98 Å². The number of nitrogens with zero attached hydrogens (tertiary/aromatic N) is 3. The molecule has 0 unspecified atom stereocenters. The summed E-state index contributed by atoms with van der Waals surface area (Å²) < 4.78 is 13.4. The first kappa shape index (κ1) is 17.8. The van der Waals surface area contributed by atoms with Crippen molar-refractivity contribution in [2.45, 2.75) is 6.92 Å². The van der Waals surface area contributed by atoms with Gasteiger partial charge in [-0.2, -0.15) is 0 Å². The van der Waals surface area contributed by atoms with Gasteiger partial charge in [-0.1, -0.05) is 17.7 Å². The topological polar surface area (TPSA) is 63.0 Å². The third-order valence-corrected chi connectivity index (χ3v) is 4.63. The highest BCUT2D eigenvalue weighted by molar-refractivity contribution is 6.33. The van der Waals surface area contributed by atoms with Crippen molar-refractivity contribution >= 4 is 28.5 Å². The van der Waals surface area contributed by atoms with Gasteiger partial charge in [0, 0.05) is 28.4 Å². The lowest BCUT2D eigenvalue weighted by Gasteiger charge is -2.12. The minimum absolute atomic E-state index is 0.186. The molecule has 7 heteroatoms. The number of fused-ring (bicyclic) bond motifs is 1. The summed E-state index contributed by atoms with van der Waals surface area (Å²) in [6, 6.07) is 10.6. The zero-order valence-corrected chi connectivity index (χ0v) is 15.4. The molecule has 0 radical (unpaired) electrons. The van der Waals surface area contributed by atoms with E-state index in [0.717, 1.165) is 0 Å². The number of hydrogen-bond donors (Lipinski definition) is 1. The fourth-order valence-electron chi connectivity index (χ4n) is 3.01. The molecule has 0 bridgehead atoms. The Bertz CT molecular complexity index is 1300. The molecule has 0 saturated heterocycles. The molecule has 0 aliphatic heterocycles. The summed E-state index contributed by atoms with van der Waals surface area (Å²) in [6.45, 7) is 9.04. The molecule has 2 aromatic heterocycles. The first-order valence-electron chi connectivity index (χ1n) is 8.31. The minimum Gasteiger partial charge on any atom is -0.345 e. The Labute approximate surface area is 164 Å². The standard InChI is InChI=1S/C21H12ClFN4O/c1-11-9-13(10-15(22)17(11)24-2)19-18(12-3-5-14(23)6-4-12)27-21-20(26-19)16(28)7-8-25-21/h3-10H,1H3,(H,25,27,28). The van der Waals surface area contributed by atoms with Crippen molar-refractivity contribution in [3.8, 4) is 22.5 Å². The molecule has 5 nitrogen and oxygen atoms in total. The number of pyridine rings is 1. The van der Waals surface area contributed by atoms with E-state index in [2.05, 4.69) is 19.8 Å². The molecule has 0 fully saturated rings. The first-order chi connectivity index (χ1) is 13.5. The van der Waals surface area contributed by atoms with Gasteiger partial charge in [0.25, 0.3) is 0 Å². The van der Waals surface area contributed by atoms with Crippen LogP contribution in [0.5, 0.6) is 0 Å². The number of hydrogen-bond acceptors (Lipinski definition) is 3. The molecule has 0 aliphatic carbocycles. The number of rotatable bonds is 2. The van der Waals surface area contributed by atoms with E-state index < -0.39 is 0 Å². The molecule has 28 heavy (non-hydrogen) atoms. The number of aryl methyl sites for hydroxylation is 1. The smallest absolute Gasteiger partial charge is 0.209 e. The van der Waals surface area contributed by atoms with Crippen LogP contribution in [-0.4, -0.2) is 15.0 Å². The van der Waals surface area contributed by atoms with E-state index in [9.17, 15) is 9.18 Å². The van der Waals surface area contributed by atoms with Crippen LogP contribution < -0.4 is 5.43 Å². The number of H-pyrrole nitrogens is 1. The van der Waals surface area contributed by atoms with E-state index in [0.29, 0.717) is 44.4 Å². The predicted octanol–water partition coefficient (Wildman–Crippen LogP) is 5.30. The van der Waals surface area contributed by atoms with Crippen LogP contribution in [0.3, 0.4) is 0 Å². The molecule has 4 rings (SSSR count). The first-order valence-corrected chi connectivity index (χ1v) is 8.69. The Hall–Kier alpha value is -3.56. The fourth-order valence-corrected chi connectivity index (χ4v) is 3.32. The second-order valence-corrected chi connectivity index (χ2v) is 6.61. The Kier molecular flexibility index (Phi) is 4.38. The van der Waals surface area contributed by atoms with Crippen molar-refractivity contribution in [1.82, 2.24) is 15.0 Å². The average Bonchev–Trinajstić information content (AvgIpc) is 2.68. The maximum absolute atomic E-state index is 13.4. The summed E-state index contributed by atoms with van der Waals surface area (Å²) in [7, 11) is 0. The molecule has 0 saturated carbocycles. The lowest BCUT2D eigenvalue weighted by molar-refractivity contribution is 0.628. The third-order valence-electron chi connectivity index (χ3n) is 4.34. The number of nitrogens with one attached hydrogen (secondary N) is 1. The maximum Gasteiger partial charge on any atom is 0.209 e. The minimum atomic E-state index is -0.368. The number of aromatic amines is 1. The summed E-state index contributed by atoms with van der Waals surface area (Å²) >= 11 is 6.27. The van der Waals surface area contributed by atoms with Crippen LogP contribution in [0.25, 0.3) is 38.5 Å². The largest absolute Gasteiger partial charge is 0.345 e. The van der Waals surface area contributed by atoms with Crippen molar-refractivity contribution < 1.29 is 4.39 Å². The highest BCUT2D eigenvalue weighted by Gasteiger charge is 2.17. The van der Waals surface area contributed by atoms with Crippen molar-refractivity contribution in [2.24, 2.45) is 0 Å². The van der Waals surface area contributed by atoms with Gasteiger partial charge in [0.1, 0.15) is 5.82 Å². The van der Waals surface area contributed by atoms with E-state index in [1.807, 2.05) is 0 Å². The van der Waals surface area contributed by atoms with Crippen molar-refractivity contribution in [3.05, 3.63) is 86.7 Å². The summed E-state index contributed by atoms with van der Waals surface area (Å²) in [4.78, 5) is 27.7. The summed E-state index contributed by atoms with van der Waals surface area (Å²) in [6.07, 6.45) is 1.50. The van der Waals surface area contributed by atoms with Crippen LogP contribution >= 0.6 is 11.6 Å². The van der Waals surface area contributed by atoms with Crippen molar-refractivity contribution in [3.63, 3.8) is 0 Å².